The van der Waals surface area contributed by atoms with Crippen LogP contribution >= 0.6 is 0 Å². The topological polar surface area (TPSA) is 106 Å². The average molecular weight is 440 g/mol. The van der Waals surface area contributed by atoms with Crippen LogP contribution in [0, 0.1) is 13.8 Å². The summed E-state index contributed by atoms with van der Waals surface area (Å²) in [5.74, 6) is -0.530. The van der Waals surface area contributed by atoms with Gasteiger partial charge in [0.15, 0.2) is 0 Å². The first-order valence-corrected chi connectivity index (χ1v) is 10.7. The maximum Gasteiger partial charge on any atom is 0.269 e. The van der Waals surface area contributed by atoms with Gasteiger partial charge in [-0.2, -0.15) is 0 Å². The van der Waals surface area contributed by atoms with Gasteiger partial charge in [-0.3, -0.25) is 25.2 Å². The zero-order valence-corrected chi connectivity index (χ0v) is 18.4. The van der Waals surface area contributed by atoms with Crippen LogP contribution in [0.2, 0.25) is 0 Å². The Bertz CT molecular complexity index is 953. The summed E-state index contributed by atoms with van der Waals surface area (Å²) in [4.78, 5) is 36.2. The van der Waals surface area contributed by atoms with E-state index in [1.54, 1.807) is 24.3 Å². The van der Waals surface area contributed by atoms with Gasteiger partial charge in [0.05, 0.1) is 6.10 Å². The second-order valence-electron chi connectivity index (χ2n) is 7.82. The Morgan fingerprint density at radius 3 is 2.41 bits per heavy atom. The van der Waals surface area contributed by atoms with E-state index >= 15 is 0 Å². The Hall–Kier alpha value is -3.39. The van der Waals surface area contributed by atoms with Crippen molar-refractivity contribution in [3.63, 3.8) is 0 Å². The molecule has 1 aliphatic rings. The molecule has 1 atom stereocenters. The molecule has 0 bridgehead atoms. The molecule has 1 fully saturated rings. The standard InChI is InChI=1S/C24H29N3O5/c1-16-5-8-19(14-17(16)2)25-22(28)11-12-23(29)26-27-24(30)18-6-9-20(10-7-18)32-15-21-4-3-13-31-21/h5-10,14,21H,3-4,11-13,15H2,1-2H3,(H,25,28)(H,26,29)(H,27,30). The van der Waals surface area contributed by atoms with Crippen molar-refractivity contribution in [3.05, 3.63) is 59.2 Å². The molecule has 3 N–H and O–H groups in total. The van der Waals surface area contributed by atoms with Crippen molar-refractivity contribution in [2.24, 2.45) is 0 Å². The maximum atomic E-state index is 12.2. The van der Waals surface area contributed by atoms with Gasteiger partial charge in [-0.1, -0.05) is 6.07 Å². The summed E-state index contributed by atoms with van der Waals surface area (Å²) in [7, 11) is 0. The zero-order chi connectivity index (χ0) is 22.9. The number of amides is 3. The second-order valence-corrected chi connectivity index (χ2v) is 7.82. The molecule has 8 heteroatoms. The molecule has 0 aliphatic carbocycles. The van der Waals surface area contributed by atoms with Crippen LogP contribution in [0.5, 0.6) is 5.75 Å². The van der Waals surface area contributed by atoms with Gasteiger partial charge < -0.3 is 14.8 Å². The molecule has 8 nitrogen and oxygen atoms in total. The number of hydrazine groups is 1. The number of benzene rings is 2. The minimum atomic E-state index is -0.455. The molecular formula is C24H29N3O5. The van der Waals surface area contributed by atoms with Crippen molar-refractivity contribution in [1.82, 2.24) is 10.9 Å². The fraction of sp³-hybridized carbons (Fsp3) is 0.375. The second kappa shape index (κ2) is 11.3. The Kier molecular flexibility index (Phi) is 8.21. The first kappa shape index (κ1) is 23.3. The van der Waals surface area contributed by atoms with Gasteiger partial charge in [0.2, 0.25) is 11.8 Å². The first-order valence-electron chi connectivity index (χ1n) is 10.7. The van der Waals surface area contributed by atoms with Crippen molar-refractivity contribution >= 4 is 23.4 Å². The van der Waals surface area contributed by atoms with Gasteiger partial charge >= 0.3 is 0 Å². The Morgan fingerprint density at radius 1 is 0.969 bits per heavy atom. The van der Waals surface area contributed by atoms with Gasteiger partial charge in [-0.15, -0.1) is 0 Å². The lowest BCUT2D eigenvalue weighted by molar-refractivity contribution is -0.124. The SMILES string of the molecule is Cc1ccc(NC(=O)CCC(=O)NNC(=O)c2ccc(OCC3CCCO3)cc2)cc1C. The first-order chi connectivity index (χ1) is 15.4. The summed E-state index contributed by atoms with van der Waals surface area (Å²) in [6.07, 6.45) is 2.12. The van der Waals surface area contributed by atoms with Gasteiger partial charge in [0.25, 0.3) is 5.91 Å². The third kappa shape index (κ3) is 7.09. The third-order valence-electron chi connectivity index (χ3n) is 5.26. The van der Waals surface area contributed by atoms with Crippen LogP contribution in [-0.4, -0.2) is 37.0 Å². The molecule has 3 rings (SSSR count). The molecule has 32 heavy (non-hydrogen) atoms. The largest absolute Gasteiger partial charge is 0.491 e. The summed E-state index contributed by atoms with van der Waals surface area (Å²) in [5, 5.41) is 2.76. The van der Waals surface area contributed by atoms with Crippen molar-refractivity contribution in [2.75, 3.05) is 18.5 Å². The van der Waals surface area contributed by atoms with E-state index in [9.17, 15) is 14.4 Å². The van der Waals surface area contributed by atoms with Crippen LogP contribution < -0.4 is 20.9 Å². The summed E-state index contributed by atoms with van der Waals surface area (Å²) in [5.41, 5.74) is 7.96. The number of nitrogens with one attached hydrogen (secondary N) is 3. The normalized spacial score (nSPS) is 15.1. The van der Waals surface area contributed by atoms with Gasteiger partial charge in [0.1, 0.15) is 12.4 Å². The van der Waals surface area contributed by atoms with Crippen LogP contribution in [0.1, 0.15) is 47.2 Å². The zero-order valence-electron chi connectivity index (χ0n) is 18.4. The van der Waals surface area contributed by atoms with Crippen LogP contribution in [0.25, 0.3) is 0 Å². The number of anilines is 1. The van der Waals surface area contributed by atoms with Gasteiger partial charge in [-0.05, 0) is 74.2 Å². The minimum Gasteiger partial charge on any atom is -0.491 e. The molecule has 0 radical (unpaired) electrons. The summed E-state index contributed by atoms with van der Waals surface area (Å²) in [6, 6.07) is 12.2. The highest BCUT2D eigenvalue weighted by Gasteiger charge is 2.16. The number of ether oxygens (including phenoxy) is 2. The molecule has 2 aromatic rings. The lowest BCUT2D eigenvalue weighted by atomic mass is 10.1. The van der Waals surface area contributed by atoms with Crippen molar-refractivity contribution in [3.8, 4) is 5.75 Å². The Labute approximate surface area is 187 Å². The van der Waals surface area contributed by atoms with Crippen molar-refractivity contribution in [2.45, 2.75) is 45.6 Å². The molecule has 0 saturated carbocycles. The van der Waals surface area contributed by atoms with Crippen LogP contribution in [0.4, 0.5) is 5.69 Å². The quantitative estimate of drug-likeness (QED) is 0.548. The third-order valence-corrected chi connectivity index (χ3v) is 5.26. The van der Waals surface area contributed by atoms with E-state index in [4.69, 9.17) is 9.47 Å². The molecule has 1 unspecified atom stereocenters. The van der Waals surface area contributed by atoms with Crippen LogP contribution in [0.15, 0.2) is 42.5 Å². The van der Waals surface area contributed by atoms with Crippen LogP contribution in [-0.2, 0) is 14.3 Å². The molecule has 1 aliphatic heterocycles. The summed E-state index contributed by atoms with van der Waals surface area (Å²) < 4.78 is 11.2. The molecule has 170 valence electrons. The lowest BCUT2D eigenvalue weighted by Crippen LogP contribution is -2.41. The van der Waals surface area contributed by atoms with E-state index in [2.05, 4.69) is 16.2 Å². The smallest absolute Gasteiger partial charge is 0.269 e. The Balaban J connectivity index is 1.35. The van der Waals surface area contributed by atoms with Gasteiger partial charge in [0, 0.05) is 30.7 Å². The molecule has 1 heterocycles. The number of rotatable bonds is 8. The lowest BCUT2D eigenvalue weighted by Gasteiger charge is -2.12. The Morgan fingerprint density at radius 2 is 1.72 bits per heavy atom. The molecule has 0 spiro atoms. The molecule has 2 aromatic carbocycles. The minimum absolute atomic E-state index is 0.00533. The fourth-order valence-electron chi connectivity index (χ4n) is 3.20. The monoisotopic (exact) mass is 439 g/mol. The number of hydrogen-bond acceptors (Lipinski definition) is 5. The van der Waals surface area contributed by atoms with E-state index in [1.165, 1.54) is 0 Å². The van der Waals surface area contributed by atoms with Gasteiger partial charge in [-0.25, -0.2) is 0 Å². The highest BCUT2D eigenvalue weighted by Crippen LogP contribution is 2.17. The number of carbonyl (C=O) groups excluding carboxylic acids is 3. The van der Waals surface area contributed by atoms with E-state index in [-0.39, 0.29) is 24.9 Å². The van der Waals surface area contributed by atoms with Crippen molar-refractivity contribution < 1.29 is 23.9 Å². The van der Waals surface area contributed by atoms with Crippen LogP contribution in [0.3, 0.4) is 0 Å². The van der Waals surface area contributed by atoms with E-state index in [0.29, 0.717) is 23.6 Å². The number of hydrogen-bond donors (Lipinski definition) is 3. The summed E-state index contributed by atoms with van der Waals surface area (Å²) >= 11 is 0. The molecule has 0 aromatic heterocycles. The van der Waals surface area contributed by atoms with E-state index < -0.39 is 11.8 Å². The predicted molar refractivity (Wildman–Crippen MR) is 120 cm³/mol. The van der Waals surface area contributed by atoms with Crippen molar-refractivity contribution in [1.29, 1.82) is 0 Å². The highest BCUT2D eigenvalue weighted by molar-refractivity contribution is 5.96. The highest BCUT2D eigenvalue weighted by atomic mass is 16.5. The number of aryl methyl sites for hydroxylation is 2. The fourth-order valence-corrected chi connectivity index (χ4v) is 3.20. The van der Waals surface area contributed by atoms with E-state index in [0.717, 1.165) is 30.6 Å². The summed E-state index contributed by atoms with van der Waals surface area (Å²) in [6.45, 7) is 5.22. The molecule has 3 amide bonds. The predicted octanol–water partition coefficient (Wildman–Crippen LogP) is 3.04. The average Bonchev–Trinajstić information content (AvgIpc) is 3.31. The molecule has 1 saturated heterocycles. The molecular weight excluding hydrogens is 410 g/mol. The number of carbonyl (C=O) groups is 3. The van der Waals surface area contributed by atoms with E-state index in [1.807, 2.05) is 32.0 Å². The maximum absolute atomic E-state index is 12.2.